The summed E-state index contributed by atoms with van der Waals surface area (Å²) >= 11 is 0. The van der Waals surface area contributed by atoms with Gasteiger partial charge < -0.3 is 9.84 Å². The molecule has 1 aliphatic rings. The number of fused-ring (bicyclic) bond motifs is 3. The third-order valence-corrected chi connectivity index (χ3v) is 4.76. The predicted molar refractivity (Wildman–Crippen MR) is 94.5 cm³/mol. The fourth-order valence-corrected chi connectivity index (χ4v) is 3.44. The van der Waals surface area contributed by atoms with Crippen molar-refractivity contribution in [1.29, 1.82) is 0 Å². The first kappa shape index (κ1) is 17.0. The quantitative estimate of drug-likeness (QED) is 0.901. The van der Waals surface area contributed by atoms with Gasteiger partial charge in [-0.2, -0.15) is 0 Å². The molecule has 0 unspecified atom stereocenters. The normalized spacial score (nSPS) is 13.7. The lowest BCUT2D eigenvalue weighted by atomic mass is 9.98. The summed E-state index contributed by atoms with van der Waals surface area (Å²) in [5.74, 6) is -1.06. The maximum atomic E-state index is 12.3. The molecule has 1 amide bonds. The highest BCUT2D eigenvalue weighted by atomic mass is 16.6. The number of hydrogen-bond donors (Lipinski definition) is 1. The third kappa shape index (κ3) is 3.09. The van der Waals surface area contributed by atoms with Crippen LogP contribution in [0.2, 0.25) is 0 Å². The molecule has 0 spiro atoms. The van der Waals surface area contributed by atoms with Crippen molar-refractivity contribution in [2.24, 2.45) is 0 Å². The maximum Gasteiger partial charge on any atom is 0.410 e. The zero-order valence-electron chi connectivity index (χ0n) is 14.3. The number of rotatable bonds is 5. The molecule has 1 aliphatic carbocycles. The molecular formula is C20H21NO4. The first-order chi connectivity index (χ1) is 12.0. The molecule has 0 bridgehead atoms. The summed E-state index contributed by atoms with van der Waals surface area (Å²) in [4.78, 5) is 24.6. The van der Waals surface area contributed by atoms with Gasteiger partial charge >= 0.3 is 12.1 Å². The molecule has 5 heteroatoms. The van der Waals surface area contributed by atoms with Gasteiger partial charge in [-0.25, -0.2) is 9.59 Å². The molecule has 0 saturated carbocycles. The number of carbonyl (C=O) groups is 2. The average Bonchev–Trinajstić information content (AvgIpc) is 2.94. The summed E-state index contributed by atoms with van der Waals surface area (Å²) in [5, 5.41) is 9.18. The van der Waals surface area contributed by atoms with E-state index in [0.717, 1.165) is 27.2 Å². The number of carbonyl (C=O) groups excluding carboxylic acids is 1. The molecule has 25 heavy (non-hydrogen) atoms. The highest BCUT2D eigenvalue weighted by molar-refractivity contribution is 5.81. The zero-order chi connectivity index (χ0) is 18.0. The number of hydrogen-bond acceptors (Lipinski definition) is 3. The van der Waals surface area contributed by atoms with Crippen molar-refractivity contribution in [3.05, 3.63) is 59.7 Å². The Kier molecular flexibility index (Phi) is 4.74. The van der Waals surface area contributed by atoms with Crippen molar-refractivity contribution in [1.82, 2.24) is 4.90 Å². The van der Waals surface area contributed by atoms with E-state index >= 15 is 0 Å². The van der Waals surface area contributed by atoms with Gasteiger partial charge in [0, 0.05) is 13.0 Å². The second kappa shape index (κ2) is 6.97. The third-order valence-electron chi connectivity index (χ3n) is 4.76. The standard InChI is InChI=1S/C20H21NO4/c1-3-18(19(22)23)21(2)20(24)25-12-17-15-10-6-4-8-13(15)14-9-5-7-11-16(14)17/h4-11,17-18H,3,12H2,1-2H3,(H,22,23)/t18-/m0/s1. The van der Waals surface area contributed by atoms with E-state index in [-0.39, 0.29) is 12.5 Å². The number of aliphatic carboxylic acids is 1. The van der Waals surface area contributed by atoms with Crippen molar-refractivity contribution >= 4 is 12.1 Å². The summed E-state index contributed by atoms with van der Waals surface area (Å²) in [6, 6.07) is 15.3. The van der Waals surface area contributed by atoms with Crippen molar-refractivity contribution in [2.75, 3.05) is 13.7 Å². The topological polar surface area (TPSA) is 66.8 Å². The fourth-order valence-electron chi connectivity index (χ4n) is 3.44. The van der Waals surface area contributed by atoms with Crippen molar-refractivity contribution < 1.29 is 19.4 Å². The van der Waals surface area contributed by atoms with E-state index in [1.807, 2.05) is 36.4 Å². The van der Waals surface area contributed by atoms with Gasteiger partial charge in [0.25, 0.3) is 0 Å². The molecule has 130 valence electrons. The van der Waals surface area contributed by atoms with Gasteiger partial charge in [-0.1, -0.05) is 55.5 Å². The van der Waals surface area contributed by atoms with E-state index in [1.54, 1.807) is 6.92 Å². The Balaban J connectivity index is 1.78. The van der Waals surface area contributed by atoms with Gasteiger partial charge in [0.2, 0.25) is 0 Å². The number of benzene rings is 2. The Hall–Kier alpha value is -2.82. The van der Waals surface area contributed by atoms with Gasteiger partial charge in [0.15, 0.2) is 0 Å². The van der Waals surface area contributed by atoms with Gasteiger partial charge in [-0.05, 0) is 28.7 Å². The van der Waals surface area contributed by atoms with Crippen LogP contribution in [-0.2, 0) is 9.53 Å². The van der Waals surface area contributed by atoms with E-state index < -0.39 is 18.1 Å². The van der Waals surface area contributed by atoms with E-state index in [4.69, 9.17) is 4.74 Å². The lowest BCUT2D eigenvalue weighted by Crippen LogP contribution is -2.42. The Morgan fingerprint density at radius 2 is 1.60 bits per heavy atom. The Bertz CT molecular complexity index is 756. The van der Waals surface area contributed by atoms with Crippen LogP contribution in [0.5, 0.6) is 0 Å². The first-order valence-corrected chi connectivity index (χ1v) is 8.35. The van der Waals surface area contributed by atoms with Crippen LogP contribution in [-0.4, -0.2) is 41.8 Å². The van der Waals surface area contributed by atoms with Gasteiger partial charge in [-0.3, -0.25) is 4.90 Å². The predicted octanol–water partition coefficient (Wildman–Crippen LogP) is 3.73. The molecule has 1 atom stereocenters. The molecule has 0 radical (unpaired) electrons. The largest absolute Gasteiger partial charge is 0.480 e. The first-order valence-electron chi connectivity index (χ1n) is 8.35. The van der Waals surface area contributed by atoms with E-state index in [0.29, 0.717) is 6.42 Å². The second-order valence-electron chi connectivity index (χ2n) is 6.18. The number of likely N-dealkylation sites (N-methyl/N-ethyl adjacent to an activating group) is 1. The number of carboxylic acids is 1. The van der Waals surface area contributed by atoms with Gasteiger partial charge in [0.05, 0.1) is 0 Å². The van der Waals surface area contributed by atoms with Crippen molar-refractivity contribution in [3.8, 4) is 11.1 Å². The molecule has 0 aliphatic heterocycles. The van der Waals surface area contributed by atoms with Crippen LogP contribution in [0.4, 0.5) is 4.79 Å². The second-order valence-corrected chi connectivity index (χ2v) is 6.18. The maximum absolute atomic E-state index is 12.3. The summed E-state index contributed by atoms with van der Waals surface area (Å²) < 4.78 is 5.46. The molecule has 0 saturated heterocycles. The Morgan fingerprint density at radius 1 is 1.08 bits per heavy atom. The minimum Gasteiger partial charge on any atom is -0.480 e. The fraction of sp³-hybridized carbons (Fsp3) is 0.300. The van der Waals surface area contributed by atoms with Gasteiger partial charge in [0.1, 0.15) is 12.6 Å². The summed E-state index contributed by atoms with van der Waals surface area (Å²) in [5.41, 5.74) is 4.57. The summed E-state index contributed by atoms with van der Waals surface area (Å²) in [7, 11) is 1.46. The minimum absolute atomic E-state index is 0.0327. The van der Waals surface area contributed by atoms with E-state index in [9.17, 15) is 14.7 Å². The summed E-state index contributed by atoms with van der Waals surface area (Å²) in [6.45, 7) is 1.92. The number of ether oxygens (including phenoxy) is 1. The SMILES string of the molecule is CC[C@@H](C(=O)O)N(C)C(=O)OCC1c2ccccc2-c2ccccc21. The Morgan fingerprint density at radius 3 is 2.08 bits per heavy atom. The smallest absolute Gasteiger partial charge is 0.410 e. The highest BCUT2D eigenvalue weighted by Gasteiger charge is 2.31. The van der Waals surface area contributed by atoms with E-state index in [2.05, 4.69) is 12.1 Å². The van der Waals surface area contributed by atoms with Crippen LogP contribution in [0.3, 0.4) is 0 Å². The molecule has 0 heterocycles. The monoisotopic (exact) mass is 339 g/mol. The van der Waals surface area contributed by atoms with Crippen molar-refractivity contribution in [2.45, 2.75) is 25.3 Å². The van der Waals surface area contributed by atoms with Crippen LogP contribution in [0.1, 0.15) is 30.4 Å². The molecule has 0 aromatic heterocycles. The van der Waals surface area contributed by atoms with Crippen LogP contribution in [0, 0.1) is 0 Å². The van der Waals surface area contributed by atoms with Gasteiger partial charge in [-0.15, -0.1) is 0 Å². The molecule has 1 N–H and O–H groups in total. The molecule has 2 aromatic rings. The lowest BCUT2D eigenvalue weighted by Gasteiger charge is -2.24. The molecule has 5 nitrogen and oxygen atoms in total. The average molecular weight is 339 g/mol. The van der Waals surface area contributed by atoms with Crippen molar-refractivity contribution in [3.63, 3.8) is 0 Å². The summed E-state index contributed by atoms with van der Waals surface area (Å²) in [6.07, 6.45) is -0.285. The minimum atomic E-state index is -1.03. The Labute approximate surface area is 146 Å². The van der Waals surface area contributed by atoms with Crippen LogP contribution >= 0.6 is 0 Å². The molecule has 3 rings (SSSR count). The van der Waals surface area contributed by atoms with Crippen LogP contribution < -0.4 is 0 Å². The highest BCUT2D eigenvalue weighted by Crippen LogP contribution is 2.44. The lowest BCUT2D eigenvalue weighted by molar-refractivity contribution is -0.142. The van der Waals surface area contributed by atoms with E-state index in [1.165, 1.54) is 7.05 Å². The molecular weight excluding hydrogens is 318 g/mol. The van der Waals surface area contributed by atoms with Crippen LogP contribution in [0.25, 0.3) is 11.1 Å². The molecule has 2 aromatic carbocycles. The zero-order valence-corrected chi connectivity index (χ0v) is 14.3. The number of nitrogens with zero attached hydrogens (tertiary/aromatic N) is 1. The van der Waals surface area contributed by atoms with Crippen LogP contribution in [0.15, 0.2) is 48.5 Å². The number of carboxylic acid groups (broad SMARTS) is 1. The number of amides is 1. The molecule has 0 fully saturated rings.